The molecule has 0 atom stereocenters. The van der Waals surface area contributed by atoms with Crippen molar-refractivity contribution in [2.45, 2.75) is 6.04 Å². The molecule has 6 nitrogen and oxygen atoms in total. The van der Waals surface area contributed by atoms with E-state index in [-0.39, 0.29) is 17.2 Å². The minimum absolute atomic E-state index is 0.0772. The first-order valence-corrected chi connectivity index (χ1v) is 7.14. The van der Waals surface area contributed by atoms with Crippen molar-refractivity contribution in [2.24, 2.45) is 0 Å². The van der Waals surface area contributed by atoms with Crippen LogP contribution in [0.1, 0.15) is 20.7 Å². The monoisotopic (exact) mass is 314 g/mol. The number of carbonyl (C=O) groups excluding carboxylic acids is 2. The number of halogens is 1. The lowest BCUT2D eigenvalue weighted by atomic mass is 10.0. The van der Waals surface area contributed by atoms with E-state index >= 15 is 0 Å². The molecule has 118 valence electrons. The Balaban J connectivity index is 1.67. The molecule has 0 unspecified atom stereocenters. The number of nitrogens with zero attached hydrogens (tertiary/aromatic N) is 4. The van der Waals surface area contributed by atoms with Crippen LogP contribution in [0.3, 0.4) is 0 Å². The largest absolute Gasteiger partial charge is 0.337 e. The molecule has 0 aliphatic carbocycles. The van der Waals surface area contributed by atoms with Gasteiger partial charge >= 0.3 is 0 Å². The van der Waals surface area contributed by atoms with E-state index in [9.17, 15) is 14.0 Å². The van der Waals surface area contributed by atoms with E-state index in [2.05, 4.69) is 9.97 Å². The Morgan fingerprint density at radius 2 is 2.04 bits per heavy atom. The van der Waals surface area contributed by atoms with Crippen LogP contribution in [0.15, 0.2) is 36.7 Å². The summed E-state index contributed by atoms with van der Waals surface area (Å²) >= 11 is 0. The van der Waals surface area contributed by atoms with Crippen LogP contribution in [0.25, 0.3) is 0 Å². The number of rotatable bonds is 4. The summed E-state index contributed by atoms with van der Waals surface area (Å²) in [6, 6.07) is 5.58. The zero-order valence-corrected chi connectivity index (χ0v) is 12.5. The van der Waals surface area contributed by atoms with Crippen LogP contribution in [-0.2, 0) is 0 Å². The summed E-state index contributed by atoms with van der Waals surface area (Å²) in [6.07, 6.45) is 3.90. The van der Waals surface area contributed by atoms with Crippen LogP contribution in [0.2, 0.25) is 0 Å². The summed E-state index contributed by atoms with van der Waals surface area (Å²) in [4.78, 5) is 34.9. The fourth-order valence-electron chi connectivity index (χ4n) is 2.45. The molecule has 1 aliphatic heterocycles. The molecule has 2 aromatic rings. The van der Waals surface area contributed by atoms with E-state index in [1.807, 2.05) is 11.9 Å². The zero-order chi connectivity index (χ0) is 16.4. The molecule has 1 saturated heterocycles. The third-order valence-corrected chi connectivity index (χ3v) is 3.92. The molecular weight excluding hydrogens is 299 g/mol. The quantitative estimate of drug-likeness (QED) is 0.798. The lowest BCUT2D eigenvalue weighted by Crippen LogP contribution is -2.60. The van der Waals surface area contributed by atoms with E-state index in [0.29, 0.717) is 25.3 Å². The van der Waals surface area contributed by atoms with Gasteiger partial charge in [0.2, 0.25) is 5.95 Å². The molecule has 7 heteroatoms. The van der Waals surface area contributed by atoms with Gasteiger partial charge in [-0.1, -0.05) is 0 Å². The minimum atomic E-state index is -0.621. The van der Waals surface area contributed by atoms with E-state index in [0.717, 1.165) is 6.07 Å². The van der Waals surface area contributed by atoms with Crippen molar-refractivity contribution in [1.82, 2.24) is 14.9 Å². The summed E-state index contributed by atoms with van der Waals surface area (Å²) in [7, 11) is 1.86. The maximum absolute atomic E-state index is 13.8. The Kier molecular flexibility index (Phi) is 4.01. The van der Waals surface area contributed by atoms with Crippen LogP contribution in [0.5, 0.6) is 0 Å². The number of hydrogen-bond donors (Lipinski definition) is 0. The van der Waals surface area contributed by atoms with Gasteiger partial charge in [0.1, 0.15) is 12.1 Å². The second-order valence-corrected chi connectivity index (χ2v) is 5.38. The number of likely N-dealkylation sites (N-methyl/N-ethyl adjacent to an activating group) is 1. The summed E-state index contributed by atoms with van der Waals surface area (Å²) in [5, 5.41) is 0. The standard InChI is InChI=1S/C16H15FN4O2/c1-20(16-18-5-2-6-19-16)12-8-21(9-12)15(23)13-7-11(10-22)3-4-14(13)17/h2-7,10,12H,8-9H2,1H3. The summed E-state index contributed by atoms with van der Waals surface area (Å²) in [5.41, 5.74) is 0.202. The highest BCUT2D eigenvalue weighted by Gasteiger charge is 2.35. The van der Waals surface area contributed by atoms with Gasteiger partial charge in [-0.2, -0.15) is 0 Å². The Morgan fingerprint density at radius 1 is 1.35 bits per heavy atom. The van der Waals surface area contributed by atoms with Crippen LogP contribution >= 0.6 is 0 Å². The van der Waals surface area contributed by atoms with Gasteiger partial charge in [0.05, 0.1) is 11.6 Å². The smallest absolute Gasteiger partial charge is 0.256 e. The van der Waals surface area contributed by atoms with Gasteiger partial charge in [0.25, 0.3) is 5.91 Å². The minimum Gasteiger partial charge on any atom is -0.337 e. The molecule has 0 radical (unpaired) electrons. The van der Waals surface area contributed by atoms with Gasteiger partial charge in [0, 0.05) is 38.1 Å². The summed E-state index contributed by atoms with van der Waals surface area (Å²) < 4.78 is 13.8. The molecule has 0 spiro atoms. The van der Waals surface area contributed by atoms with Crippen molar-refractivity contribution in [3.8, 4) is 0 Å². The number of carbonyl (C=O) groups is 2. The van der Waals surface area contributed by atoms with Crippen molar-refractivity contribution < 1.29 is 14.0 Å². The van der Waals surface area contributed by atoms with Crippen LogP contribution in [0, 0.1) is 5.82 Å². The van der Waals surface area contributed by atoms with Gasteiger partial charge in [-0.25, -0.2) is 14.4 Å². The Hall–Kier alpha value is -2.83. The molecule has 1 aromatic carbocycles. The fraction of sp³-hybridized carbons (Fsp3) is 0.250. The number of aldehydes is 1. The third-order valence-electron chi connectivity index (χ3n) is 3.92. The first-order chi connectivity index (χ1) is 11.1. The van der Waals surface area contributed by atoms with Crippen molar-refractivity contribution in [3.05, 3.63) is 53.6 Å². The molecule has 2 heterocycles. The topological polar surface area (TPSA) is 66.4 Å². The average Bonchev–Trinajstić information content (AvgIpc) is 2.54. The summed E-state index contributed by atoms with van der Waals surface area (Å²) in [5.74, 6) is -0.452. The van der Waals surface area contributed by atoms with Crippen molar-refractivity contribution in [3.63, 3.8) is 0 Å². The Bertz CT molecular complexity index is 732. The van der Waals surface area contributed by atoms with E-state index in [1.54, 1.807) is 18.5 Å². The highest BCUT2D eigenvalue weighted by Crippen LogP contribution is 2.21. The normalized spacial score (nSPS) is 14.3. The molecule has 0 bridgehead atoms. The Labute approximate surface area is 132 Å². The SMILES string of the molecule is CN(c1ncccn1)C1CN(C(=O)c2cc(C=O)ccc2F)C1. The van der Waals surface area contributed by atoms with Crippen molar-refractivity contribution in [1.29, 1.82) is 0 Å². The Morgan fingerprint density at radius 3 is 2.70 bits per heavy atom. The van der Waals surface area contributed by atoms with Crippen molar-refractivity contribution >= 4 is 18.1 Å². The van der Waals surface area contributed by atoms with Crippen molar-refractivity contribution in [2.75, 3.05) is 25.0 Å². The first kappa shape index (κ1) is 15.1. The highest BCUT2D eigenvalue weighted by molar-refractivity contribution is 5.96. The lowest BCUT2D eigenvalue weighted by molar-refractivity contribution is 0.0598. The van der Waals surface area contributed by atoms with E-state index in [1.165, 1.54) is 17.0 Å². The number of likely N-dealkylation sites (tertiary alicyclic amines) is 1. The van der Waals surface area contributed by atoms with Gasteiger partial charge < -0.3 is 9.80 Å². The maximum atomic E-state index is 13.8. The predicted molar refractivity (Wildman–Crippen MR) is 81.9 cm³/mol. The van der Waals surface area contributed by atoms with Gasteiger partial charge in [-0.15, -0.1) is 0 Å². The first-order valence-electron chi connectivity index (χ1n) is 7.14. The van der Waals surface area contributed by atoms with Gasteiger partial charge in [-0.3, -0.25) is 9.59 Å². The molecular formula is C16H15FN4O2. The summed E-state index contributed by atoms with van der Waals surface area (Å²) in [6.45, 7) is 0.913. The number of aromatic nitrogens is 2. The van der Waals surface area contributed by atoms with Gasteiger partial charge in [-0.05, 0) is 24.3 Å². The molecule has 0 saturated carbocycles. The predicted octanol–water partition coefficient (Wildman–Crippen LogP) is 1.39. The molecule has 3 rings (SSSR count). The molecule has 1 aliphatic rings. The maximum Gasteiger partial charge on any atom is 0.256 e. The fourth-order valence-corrected chi connectivity index (χ4v) is 2.45. The molecule has 1 amide bonds. The van der Waals surface area contributed by atoms with Crippen LogP contribution in [-0.4, -0.2) is 53.2 Å². The van der Waals surface area contributed by atoms with Crippen LogP contribution in [0.4, 0.5) is 10.3 Å². The second-order valence-electron chi connectivity index (χ2n) is 5.38. The lowest BCUT2D eigenvalue weighted by Gasteiger charge is -2.43. The highest BCUT2D eigenvalue weighted by atomic mass is 19.1. The second kappa shape index (κ2) is 6.12. The molecule has 1 aromatic heterocycles. The average molecular weight is 314 g/mol. The molecule has 0 N–H and O–H groups in total. The third kappa shape index (κ3) is 2.90. The molecule has 1 fully saturated rings. The molecule has 23 heavy (non-hydrogen) atoms. The zero-order valence-electron chi connectivity index (χ0n) is 12.5. The van der Waals surface area contributed by atoms with Crippen LogP contribution < -0.4 is 4.90 Å². The van der Waals surface area contributed by atoms with Gasteiger partial charge in [0.15, 0.2) is 0 Å². The van der Waals surface area contributed by atoms with E-state index in [4.69, 9.17) is 0 Å². The number of anilines is 1. The number of benzene rings is 1. The number of amides is 1. The number of hydrogen-bond acceptors (Lipinski definition) is 5. The van der Waals surface area contributed by atoms with E-state index < -0.39 is 11.7 Å².